The molecule has 7 heteroatoms. The molecule has 1 aliphatic carbocycles. The SMILES string of the molecule is NC(=O)c1cccc2[nH]c([C@@]34CCC[C@@H](CN3CCCN3CCOCC3)C4)nc12. The maximum Gasteiger partial charge on any atom is 0.250 e. The van der Waals surface area contributed by atoms with Crippen molar-refractivity contribution in [2.24, 2.45) is 11.7 Å². The van der Waals surface area contributed by atoms with E-state index in [1.165, 1.54) is 19.3 Å². The second-order valence-corrected chi connectivity index (χ2v) is 8.90. The number of carbonyl (C=O) groups is 1. The van der Waals surface area contributed by atoms with E-state index in [2.05, 4.69) is 14.8 Å². The zero-order valence-corrected chi connectivity index (χ0v) is 17.0. The van der Waals surface area contributed by atoms with Gasteiger partial charge in [-0.15, -0.1) is 0 Å². The number of hydrogen-bond acceptors (Lipinski definition) is 5. The molecule has 1 aromatic heterocycles. The number of aromatic nitrogens is 2. The lowest BCUT2D eigenvalue weighted by atomic mass is 9.79. The van der Waals surface area contributed by atoms with Crippen LogP contribution < -0.4 is 5.73 Å². The maximum atomic E-state index is 11.9. The standard InChI is InChI=1S/C22H31N5O2/c23-20(28)17-5-1-6-18-19(17)25-21(24-18)22-7-2-4-16(14-22)15-27(22)9-3-8-26-10-12-29-13-11-26/h1,5-6,16H,2-4,7-15H2,(H2,23,28)(H,24,25)/t16-,22+/m1/s1. The van der Waals surface area contributed by atoms with Gasteiger partial charge in [0.25, 0.3) is 5.91 Å². The summed E-state index contributed by atoms with van der Waals surface area (Å²) in [5, 5.41) is 0. The quantitative estimate of drug-likeness (QED) is 0.779. The number of nitrogens with one attached hydrogen (secondary N) is 1. The van der Waals surface area contributed by atoms with Gasteiger partial charge in [0.15, 0.2) is 0 Å². The summed E-state index contributed by atoms with van der Waals surface area (Å²) >= 11 is 0. The smallest absolute Gasteiger partial charge is 0.250 e. The number of morpholine rings is 1. The van der Waals surface area contributed by atoms with Gasteiger partial charge >= 0.3 is 0 Å². The molecule has 2 aliphatic heterocycles. The molecule has 2 atom stereocenters. The number of aromatic amines is 1. The fraction of sp³-hybridized carbons (Fsp3) is 0.636. The monoisotopic (exact) mass is 397 g/mol. The third-order valence-corrected chi connectivity index (χ3v) is 7.14. The van der Waals surface area contributed by atoms with Crippen molar-refractivity contribution in [3.63, 3.8) is 0 Å². The van der Waals surface area contributed by atoms with E-state index < -0.39 is 5.91 Å². The molecule has 2 aromatic rings. The molecule has 0 spiro atoms. The first-order chi connectivity index (χ1) is 14.2. The fourth-order valence-electron chi connectivity index (χ4n) is 5.73. The molecule has 3 heterocycles. The number of nitrogens with two attached hydrogens (primary N) is 1. The summed E-state index contributed by atoms with van der Waals surface area (Å²) in [4.78, 5) is 25.6. The molecule has 156 valence electrons. The second-order valence-electron chi connectivity index (χ2n) is 8.90. The minimum atomic E-state index is -0.415. The Morgan fingerprint density at radius 1 is 1.31 bits per heavy atom. The average molecular weight is 398 g/mol. The molecule has 2 bridgehead atoms. The summed E-state index contributed by atoms with van der Waals surface area (Å²) in [7, 11) is 0. The first-order valence-corrected chi connectivity index (χ1v) is 11.0. The highest BCUT2D eigenvalue weighted by atomic mass is 16.5. The molecule has 3 N–H and O–H groups in total. The molecular weight excluding hydrogens is 366 g/mol. The van der Waals surface area contributed by atoms with Crippen molar-refractivity contribution >= 4 is 16.9 Å². The van der Waals surface area contributed by atoms with Crippen LogP contribution in [-0.4, -0.2) is 71.6 Å². The van der Waals surface area contributed by atoms with Gasteiger partial charge in [0.2, 0.25) is 0 Å². The van der Waals surface area contributed by atoms with Crippen LogP contribution in [-0.2, 0) is 10.3 Å². The Balaban J connectivity index is 1.39. The highest BCUT2D eigenvalue weighted by Gasteiger charge is 2.50. The predicted molar refractivity (Wildman–Crippen MR) is 112 cm³/mol. The molecular formula is C22H31N5O2. The number of likely N-dealkylation sites (tertiary alicyclic amines) is 1. The number of ether oxygens (including phenoxy) is 1. The first kappa shape index (κ1) is 19.0. The maximum absolute atomic E-state index is 11.9. The van der Waals surface area contributed by atoms with Crippen molar-refractivity contribution in [1.82, 2.24) is 19.8 Å². The Morgan fingerprint density at radius 2 is 2.17 bits per heavy atom. The van der Waals surface area contributed by atoms with Gasteiger partial charge in [0, 0.05) is 26.2 Å². The number of imidazole rings is 1. The normalized spacial score (nSPS) is 28.2. The highest BCUT2D eigenvalue weighted by molar-refractivity contribution is 6.04. The lowest BCUT2D eigenvalue weighted by Gasteiger charge is -2.38. The van der Waals surface area contributed by atoms with E-state index in [4.69, 9.17) is 15.5 Å². The molecule has 1 aromatic carbocycles. The molecule has 0 radical (unpaired) electrons. The van der Waals surface area contributed by atoms with Gasteiger partial charge in [-0.3, -0.25) is 14.6 Å². The third-order valence-electron chi connectivity index (χ3n) is 7.14. The van der Waals surface area contributed by atoms with Crippen molar-refractivity contribution in [2.45, 2.75) is 37.6 Å². The van der Waals surface area contributed by atoms with Crippen LogP contribution in [0.4, 0.5) is 0 Å². The zero-order chi connectivity index (χ0) is 19.8. The largest absolute Gasteiger partial charge is 0.379 e. The van der Waals surface area contributed by atoms with Crippen LogP contribution >= 0.6 is 0 Å². The first-order valence-electron chi connectivity index (χ1n) is 11.0. The van der Waals surface area contributed by atoms with Crippen molar-refractivity contribution in [3.05, 3.63) is 29.6 Å². The van der Waals surface area contributed by atoms with Gasteiger partial charge in [-0.25, -0.2) is 4.98 Å². The number of hydrogen-bond donors (Lipinski definition) is 2. The van der Waals surface area contributed by atoms with E-state index in [9.17, 15) is 4.79 Å². The van der Waals surface area contributed by atoms with Crippen molar-refractivity contribution in [1.29, 1.82) is 0 Å². The number of primary amides is 1. The van der Waals surface area contributed by atoms with Gasteiger partial charge in [0.1, 0.15) is 11.3 Å². The van der Waals surface area contributed by atoms with Crippen molar-refractivity contribution < 1.29 is 9.53 Å². The van der Waals surface area contributed by atoms with E-state index in [1.54, 1.807) is 6.07 Å². The minimum absolute atomic E-state index is 0.0259. The number of para-hydroxylation sites is 1. The van der Waals surface area contributed by atoms with Crippen molar-refractivity contribution in [2.75, 3.05) is 45.9 Å². The van der Waals surface area contributed by atoms with E-state index in [1.807, 2.05) is 12.1 Å². The summed E-state index contributed by atoms with van der Waals surface area (Å²) in [5.74, 6) is 1.35. The van der Waals surface area contributed by atoms with Crippen LogP contribution in [0.15, 0.2) is 18.2 Å². The number of rotatable bonds is 6. The van der Waals surface area contributed by atoms with Gasteiger partial charge in [-0.05, 0) is 50.3 Å². The summed E-state index contributed by atoms with van der Waals surface area (Å²) in [6.07, 6.45) is 6.02. The minimum Gasteiger partial charge on any atom is -0.379 e. The molecule has 2 saturated heterocycles. The number of benzene rings is 1. The molecule has 1 amide bonds. The van der Waals surface area contributed by atoms with Gasteiger partial charge in [-0.1, -0.05) is 12.5 Å². The number of fused-ring (bicyclic) bond motifs is 3. The third kappa shape index (κ3) is 3.45. The summed E-state index contributed by atoms with van der Waals surface area (Å²) in [6.45, 7) is 7.19. The van der Waals surface area contributed by atoms with Crippen LogP contribution in [0.1, 0.15) is 48.3 Å². The number of nitrogens with zero attached hydrogens (tertiary/aromatic N) is 3. The fourth-order valence-corrected chi connectivity index (χ4v) is 5.73. The second kappa shape index (κ2) is 7.70. The summed E-state index contributed by atoms with van der Waals surface area (Å²) in [5.41, 5.74) is 7.69. The highest BCUT2D eigenvalue weighted by Crippen LogP contribution is 2.49. The molecule has 0 unspecified atom stereocenters. The van der Waals surface area contributed by atoms with Crippen LogP contribution in [0.5, 0.6) is 0 Å². The molecule has 3 fully saturated rings. The van der Waals surface area contributed by atoms with E-state index in [0.717, 1.165) is 76.0 Å². The number of carbonyl (C=O) groups excluding carboxylic acids is 1. The van der Waals surface area contributed by atoms with E-state index >= 15 is 0 Å². The summed E-state index contributed by atoms with van der Waals surface area (Å²) < 4.78 is 5.47. The zero-order valence-electron chi connectivity index (χ0n) is 17.0. The number of H-pyrrole nitrogens is 1. The van der Waals surface area contributed by atoms with Gasteiger partial charge in [0.05, 0.1) is 29.8 Å². The Hall–Kier alpha value is -1.96. The Bertz CT molecular complexity index is 890. The van der Waals surface area contributed by atoms with Crippen LogP contribution in [0.25, 0.3) is 11.0 Å². The lowest BCUT2D eigenvalue weighted by molar-refractivity contribution is 0.0335. The van der Waals surface area contributed by atoms with E-state index in [0.29, 0.717) is 11.1 Å². The Labute approximate surface area is 171 Å². The van der Waals surface area contributed by atoms with Crippen LogP contribution in [0.2, 0.25) is 0 Å². The molecule has 1 saturated carbocycles. The Kier molecular flexibility index (Phi) is 5.05. The Morgan fingerprint density at radius 3 is 3.00 bits per heavy atom. The molecule has 29 heavy (non-hydrogen) atoms. The van der Waals surface area contributed by atoms with Crippen molar-refractivity contribution in [3.8, 4) is 0 Å². The number of amides is 1. The summed E-state index contributed by atoms with van der Waals surface area (Å²) in [6, 6.07) is 5.64. The van der Waals surface area contributed by atoms with Crippen LogP contribution in [0, 0.1) is 5.92 Å². The lowest BCUT2D eigenvalue weighted by Crippen LogP contribution is -2.44. The molecule has 7 nitrogen and oxygen atoms in total. The van der Waals surface area contributed by atoms with Gasteiger partial charge < -0.3 is 15.5 Å². The average Bonchev–Trinajstić information content (AvgIpc) is 3.28. The molecule has 3 aliphatic rings. The van der Waals surface area contributed by atoms with E-state index in [-0.39, 0.29) is 5.54 Å². The van der Waals surface area contributed by atoms with Crippen LogP contribution in [0.3, 0.4) is 0 Å². The molecule has 5 rings (SSSR count). The topological polar surface area (TPSA) is 87.5 Å². The predicted octanol–water partition coefficient (Wildman–Crippen LogP) is 2.09. The van der Waals surface area contributed by atoms with Gasteiger partial charge in [-0.2, -0.15) is 0 Å².